The van der Waals surface area contributed by atoms with Crippen LogP contribution in [0.1, 0.15) is 16.1 Å². The lowest BCUT2D eigenvalue weighted by Crippen LogP contribution is -2.30. The molecule has 1 aromatic heterocycles. The highest BCUT2D eigenvalue weighted by Gasteiger charge is 2.16. The first kappa shape index (κ1) is 19.2. The van der Waals surface area contributed by atoms with Crippen LogP contribution in [0.5, 0.6) is 0 Å². The maximum Gasteiger partial charge on any atom is 0.357 e. The van der Waals surface area contributed by atoms with E-state index >= 15 is 0 Å². The summed E-state index contributed by atoms with van der Waals surface area (Å²) in [4.78, 5) is 28.0. The Morgan fingerprint density at radius 1 is 1.00 bits per heavy atom. The van der Waals surface area contributed by atoms with E-state index in [4.69, 9.17) is 4.74 Å². The monoisotopic (exact) mass is 385 g/mol. The molecule has 0 atom stereocenters. The third-order valence-corrected chi connectivity index (χ3v) is 3.94. The van der Waals surface area contributed by atoms with Crippen LogP contribution < -0.4 is 5.32 Å². The van der Waals surface area contributed by atoms with Crippen molar-refractivity contribution < 1.29 is 23.1 Å². The SMILES string of the molecule is O=C(COC(=O)c1cncn1-c1ccc(F)cc1)NCCc1ccc(F)cc1. The second-order valence-electron chi connectivity index (χ2n) is 5.93. The summed E-state index contributed by atoms with van der Waals surface area (Å²) < 4.78 is 32.3. The molecule has 0 saturated carbocycles. The summed E-state index contributed by atoms with van der Waals surface area (Å²) in [5, 5.41) is 2.62. The fourth-order valence-electron chi connectivity index (χ4n) is 2.51. The molecule has 0 aliphatic carbocycles. The number of amides is 1. The van der Waals surface area contributed by atoms with E-state index in [1.54, 1.807) is 12.1 Å². The van der Waals surface area contributed by atoms with Crippen LogP contribution in [0.3, 0.4) is 0 Å². The maximum absolute atomic E-state index is 13.0. The molecule has 0 bridgehead atoms. The van der Waals surface area contributed by atoms with Gasteiger partial charge < -0.3 is 10.1 Å². The number of esters is 1. The molecule has 0 unspecified atom stereocenters. The summed E-state index contributed by atoms with van der Waals surface area (Å²) in [7, 11) is 0. The number of hydrogen-bond donors (Lipinski definition) is 1. The lowest BCUT2D eigenvalue weighted by molar-refractivity contribution is -0.124. The zero-order valence-electron chi connectivity index (χ0n) is 14.8. The number of halogens is 2. The van der Waals surface area contributed by atoms with Gasteiger partial charge in [-0.1, -0.05) is 12.1 Å². The Bertz CT molecular complexity index is 954. The van der Waals surface area contributed by atoms with Gasteiger partial charge in [-0.25, -0.2) is 18.6 Å². The van der Waals surface area contributed by atoms with E-state index in [2.05, 4.69) is 10.3 Å². The molecule has 6 nitrogen and oxygen atoms in total. The number of ether oxygens (including phenoxy) is 1. The van der Waals surface area contributed by atoms with Crippen molar-refractivity contribution in [3.05, 3.63) is 83.9 Å². The quantitative estimate of drug-likeness (QED) is 0.635. The Labute approximate surface area is 159 Å². The number of benzene rings is 2. The number of nitrogens with one attached hydrogen (secondary N) is 1. The van der Waals surface area contributed by atoms with Crippen molar-refractivity contribution in [2.75, 3.05) is 13.2 Å². The maximum atomic E-state index is 13.0. The fraction of sp³-hybridized carbons (Fsp3) is 0.150. The molecule has 1 amide bonds. The Kier molecular flexibility index (Phi) is 6.11. The second-order valence-corrected chi connectivity index (χ2v) is 5.93. The summed E-state index contributed by atoms with van der Waals surface area (Å²) in [6.45, 7) is -0.119. The van der Waals surface area contributed by atoms with E-state index in [1.165, 1.54) is 53.5 Å². The van der Waals surface area contributed by atoms with E-state index in [-0.39, 0.29) is 11.5 Å². The molecule has 144 valence electrons. The molecule has 8 heteroatoms. The molecule has 3 rings (SSSR count). The molecule has 0 aliphatic rings. The van der Waals surface area contributed by atoms with Gasteiger partial charge >= 0.3 is 5.97 Å². The van der Waals surface area contributed by atoms with Crippen molar-refractivity contribution >= 4 is 11.9 Å². The first-order valence-corrected chi connectivity index (χ1v) is 8.49. The zero-order valence-corrected chi connectivity index (χ0v) is 14.8. The molecule has 3 aromatic rings. The van der Waals surface area contributed by atoms with Crippen LogP contribution in [0.25, 0.3) is 5.69 Å². The molecule has 0 saturated heterocycles. The van der Waals surface area contributed by atoms with E-state index in [1.807, 2.05) is 0 Å². The van der Waals surface area contributed by atoms with E-state index in [9.17, 15) is 18.4 Å². The highest BCUT2D eigenvalue weighted by molar-refractivity contribution is 5.90. The molecule has 0 aliphatic heterocycles. The number of imidazole rings is 1. The van der Waals surface area contributed by atoms with Crippen LogP contribution in [0.2, 0.25) is 0 Å². The normalized spacial score (nSPS) is 10.5. The number of hydrogen-bond acceptors (Lipinski definition) is 4. The predicted molar refractivity (Wildman–Crippen MR) is 96.9 cm³/mol. The molecule has 0 fully saturated rings. The molecule has 1 heterocycles. The van der Waals surface area contributed by atoms with Crippen LogP contribution in [0.4, 0.5) is 8.78 Å². The van der Waals surface area contributed by atoms with Gasteiger partial charge in [0, 0.05) is 12.2 Å². The average molecular weight is 385 g/mol. The Hall–Kier alpha value is -3.55. The molecule has 0 radical (unpaired) electrons. The van der Waals surface area contributed by atoms with Gasteiger partial charge in [-0.15, -0.1) is 0 Å². The summed E-state index contributed by atoms with van der Waals surface area (Å²) in [6.07, 6.45) is 3.22. The number of aromatic nitrogens is 2. The average Bonchev–Trinajstić information content (AvgIpc) is 3.18. The van der Waals surface area contributed by atoms with Crippen molar-refractivity contribution in [3.63, 3.8) is 0 Å². The number of carbonyl (C=O) groups is 2. The minimum Gasteiger partial charge on any atom is -0.451 e. The second kappa shape index (κ2) is 8.90. The molecule has 0 spiro atoms. The lowest BCUT2D eigenvalue weighted by atomic mass is 10.1. The Morgan fingerprint density at radius 3 is 2.32 bits per heavy atom. The van der Waals surface area contributed by atoms with Gasteiger partial charge in [0.1, 0.15) is 11.6 Å². The van der Waals surface area contributed by atoms with Crippen molar-refractivity contribution in [2.45, 2.75) is 6.42 Å². The smallest absolute Gasteiger partial charge is 0.357 e. The van der Waals surface area contributed by atoms with Crippen molar-refractivity contribution in [3.8, 4) is 5.69 Å². The standard InChI is InChI=1S/C20H17F2N3O3/c21-15-3-1-14(2-4-15)9-10-24-19(26)12-28-20(27)18-11-23-13-25(18)17-7-5-16(22)6-8-17/h1-8,11,13H,9-10,12H2,(H,24,26). The van der Waals surface area contributed by atoms with E-state index in [0.29, 0.717) is 18.7 Å². The fourth-order valence-corrected chi connectivity index (χ4v) is 2.51. The van der Waals surface area contributed by atoms with Gasteiger partial charge in [0.15, 0.2) is 12.3 Å². The molecule has 28 heavy (non-hydrogen) atoms. The van der Waals surface area contributed by atoms with Gasteiger partial charge in [0.2, 0.25) is 0 Å². The van der Waals surface area contributed by atoms with E-state index < -0.39 is 24.3 Å². The van der Waals surface area contributed by atoms with Gasteiger partial charge in [0.05, 0.1) is 12.5 Å². The van der Waals surface area contributed by atoms with Crippen LogP contribution in [-0.2, 0) is 16.0 Å². The van der Waals surface area contributed by atoms with Crippen LogP contribution in [0.15, 0.2) is 61.1 Å². The minimum absolute atomic E-state index is 0.116. The molecular weight excluding hydrogens is 368 g/mol. The Balaban J connectivity index is 1.49. The van der Waals surface area contributed by atoms with Crippen molar-refractivity contribution in [1.82, 2.24) is 14.9 Å². The van der Waals surface area contributed by atoms with Crippen LogP contribution in [-0.4, -0.2) is 34.6 Å². The molecule has 1 N–H and O–H groups in total. The highest BCUT2D eigenvalue weighted by Crippen LogP contribution is 2.13. The Morgan fingerprint density at radius 2 is 1.64 bits per heavy atom. The van der Waals surface area contributed by atoms with Gasteiger partial charge in [0.25, 0.3) is 5.91 Å². The van der Waals surface area contributed by atoms with Crippen LogP contribution in [0, 0.1) is 11.6 Å². The third kappa shape index (κ3) is 5.00. The first-order chi connectivity index (χ1) is 13.5. The highest BCUT2D eigenvalue weighted by atomic mass is 19.1. The van der Waals surface area contributed by atoms with Crippen molar-refractivity contribution in [1.29, 1.82) is 0 Å². The number of rotatable bonds is 7. The first-order valence-electron chi connectivity index (χ1n) is 8.49. The number of carbonyl (C=O) groups excluding carboxylic acids is 2. The molecule has 2 aromatic carbocycles. The number of nitrogens with zero attached hydrogens (tertiary/aromatic N) is 2. The summed E-state index contributed by atoms with van der Waals surface area (Å²) in [5.74, 6) is -1.90. The van der Waals surface area contributed by atoms with Gasteiger partial charge in [-0.3, -0.25) is 9.36 Å². The van der Waals surface area contributed by atoms with Gasteiger partial charge in [-0.2, -0.15) is 0 Å². The summed E-state index contributed by atoms with van der Waals surface area (Å²) in [6, 6.07) is 11.5. The van der Waals surface area contributed by atoms with Crippen LogP contribution >= 0.6 is 0 Å². The molecular formula is C20H17F2N3O3. The predicted octanol–water partition coefficient (Wildman–Crippen LogP) is 2.67. The lowest BCUT2D eigenvalue weighted by Gasteiger charge is -2.09. The van der Waals surface area contributed by atoms with E-state index in [0.717, 1.165) is 5.56 Å². The minimum atomic E-state index is -0.726. The third-order valence-electron chi connectivity index (χ3n) is 3.94. The largest absolute Gasteiger partial charge is 0.451 e. The summed E-state index contributed by atoms with van der Waals surface area (Å²) in [5.41, 5.74) is 1.53. The van der Waals surface area contributed by atoms with Gasteiger partial charge in [-0.05, 0) is 48.4 Å². The summed E-state index contributed by atoms with van der Waals surface area (Å²) >= 11 is 0. The zero-order chi connectivity index (χ0) is 19.9. The van der Waals surface area contributed by atoms with Crippen molar-refractivity contribution in [2.24, 2.45) is 0 Å². The topological polar surface area (TPSA) is 73.2 Å².